The van der Waals surface area contributed by atoms with E-state index < -0.39 is 5.41 Å². The van der Waals surface area contributed by atoms with Crippen LogP contribution in [0.15, 0.2) is 261 Å². The molecule has 0 saturated heterocycles. The Morgan fingerprint density at radius 3 is 1.41 bits per heavy atom. The second kappa shape index (κ2) is 15.8. The quantitative estimate of drug-likeness (QED) is 0.161. The second-order valence-electron chi connectivity index (χ2n) is 18.3. The van der Waals surface area contributed by atoms with Crippen LogP contribution in [0.5, 0.6) is 0 Å². The van der Waals surface area contributed by atoms with E-state index in [1.807, 2.05) is 11.3 Å². The molecule has 69 heavy (non-hydrogen) atoms. The van der Waals surface area contributed by atoms with Gasteiger partial charge in [-0.15, -0.1) is 11.3 Å². The number of fused-ring (bicyclic) bond motifs is 14. The van der Waals surface area contributed by atoms with Crippen molar-refractivity contribution in [2.45, 2.75) is 5.41 Å². The van der Waals surface area contributed by atoms with Gasteiger partial charge in [0.15, 0.2) is 0 Å². The van der Waals surface area contributed by atoms with Gasteiger partial charge in [-0.2, -0.15) is 0 Å². The monoisotopic (exact) mass is 893 g/mol. The van der Waals surface area contributed by atoms with E-state index in [0.717, 1.165) is 17.1 Å². The van der Waals surface area contributed by atoms with Gasteiger partial charge < -0.3 is 4.90 Å². The summed E-state index contributed by atoms with van der Waals surface area (Å²) < 4.78 is 2.63. The molecule has 322 valence electrons. The normalized spacial score (nSPS) is 12.8. The summed E-state index contributed by atoms with van der Waals surface area (Å²) in [5.41, 5.74) is 22.7. The Hall–Kier alpha value is -8.56. The van der Waals surface area contributed by atoms with E-state index in [4.69, 9.17) is 0 Å². The van der Waals surface area contributed by atoms with Crippen LogP contribution in [-0.2, 0) is 5.41 Å². The van der Waals surface area contributed by atoms with Crippen molar-refractivity contribution in [1.29, 1.82) is 0 Å². The maximum Gasteiger partial charge on any atom is 0.0714 e. The van der Waals surface area contributed by atoms with E-state index in [0.29, 0.717) is 0 Å². The fraction of sp³-hybridized carbons (Fsp3) is 0.0149. The maximum atomic E-state index is 2.52. The lowest BCUT2D eigenvalue weighted by molar-refractivity contribution is 0.768. The molecule has 14 rings (SSSR count). The lowest BCUT2D eigenvalue weighted by atomic mass is 9.68. The van der Waals surface area contributed by atoms with E-state index >= 15 is 0 Å². The van der Waals surface area contributed by atoms with Gasteiger partial charge in [0.2, 0.25) is 0 Å². The lowest BCUT2D eigenvalue weighted by Gasteiger charge is -2.34. The first-order valence-corrected chi connectivity index (χ1v) is 24.7. The molecule has 0 fully saturated rings. The molecule has 0 bridgehead atoms. The van der Waals surface area contributed by atoms with Gasteiger partial charge >= 0.3 is 0 Å². The molecule has 0 atom stereocenters. The molecule has 2 aliphatic rings. The molecule has 0 aliphatic heterocycles. The minimum absolute atomic E-state index is 0.537. The second-order valence-corrected chi connectivity index (χ2v) is 19.3. The van der Waals surface area contributed by atoms with Crippen LogP contribution < -0.4 is 4.90 Å². The van der Waals surface area contributed by atoms with Gasteiger partial charge in [-0.3, -0.25) is 0 Å². The van der Waals surface area contributed by atoms with Crippen molar-refractivity contribution in [2.24, 2.45) is 0 Å². The first-order chi connectivity index (χ1) is 34.3. The molecular weight excluding hydrogens is 851 g/mol. The summed E-state index contributed by atoms with van der Waals surface area (Å²) in [6.07, 6.45) is 0. The van der Waals surface area contributed by atoms with Gasteiger partial charge in [-0.05, 0) is 120 Å². The van der Waals surface area contributed by atoms with Crippen molar-refractivity contribution >= 4 is 48.6 Å². The topological polar surface area (TPSA) is 3.24 Å². The van der Waals surface area contributed by atoms with Crippen molar-refractivity contribution in [3.63, 3.8) is 0 Å². The van der Waals surface area contributed by atoms with Crippen molar-refractivity contribution < 1.29 is 0 Å². The molecule has 1 nitrogen and oxygen atoms in total. The number of rotatable bonds is 6. The summed E-state index contributed by atoms with van der Waals surface area (Å²) in [6.45, 7) is 0. The number of hydrogen-bond donors (Lipinski definition) is 0. The molecule has 0 unspecified atom stereocenters. The Labute approximate surface area is 406 Å². The predicted molar refractivity (Wildman–Crippen MR) is 292 cm³/mol. The number of thiophene rings is 1. The minimum Gasteiger partial charge on any atom is -0.310 e. The van der Waals surface area contributed by atoms with Crippen LogP contribution >= 0.6 is 11.3 Å². The lowest BCUT2D eigenvalue weighted by Crippen LogP contribution is -2.28. The zero-order chi connectivity index (χ0) is 45.5. The predicted octanol–water partition coefficient (Wildman–Crippen LogP) is 18.5. The highest BCUT2D eigenvalue weighted by molar-refractivity contribution is 7.26. The number of anilines is 3. The van der Waals surface area contributed by atoms with Gasteiger partial charge in [0.05, 0.1) is 11.1 Å². The largest absolute Gasteiger partial charge is 0.310 e. The Bertz CT molecular complexity index is 3910. The average molecular weight is 894 g/mol. The van der Waals surface area contributed by atoms with Crippen LogP contribution in [0, 0.1) is 0 Å². The molecule has 2 heteroatoms. The molecule has 0 N–H and O–H groups in total. The average Bonchev–Trinajstić information content (AvgIpc) is 3.96. The van der Waals surface area contributed by atoms with Crippen LogP contribution in [0.1, 0.15) is 22.3 Å². The third-order valence-electron chi connectivity index (χ3n) is 14.7. The molecule has 2 aliphatic carbocycles. The van der Waals surface area contributed by atoms with Crippen LogP contribution in [0.25, 0.3) is 86.9 Å². The van der Waals surface area contributed by atoms with Crippen LogP contribution in [0.3, 0.4) is 0 Å². The Kier molecular flexibility index (Phi) is 9.05. The van der Waals surface area contributed by atoms with E-state index in [2.05, 4.69) is 266 Å². The molecule has 0 spiro atoms. The standard InChI is InChI=1S/C67H43NS/c1-3-19-45(20-4-1)67(46-21-5-2-6-22-46)61-33-15-13-30-59(61)65-62(67)34-18-35-63(65)68(47-39-37-44(38-40-47)49-31-17-32-58-57-29-14-16-36-64(57)69-66(49)58)48-41-42-56-54-27-10-9-25-52(54)50-23-7-8-24-51(50)53-26-11-12-28-55(53)60(56)43-48/h1-43H. The summed E-state index contributed by atoms with van der Waals surface area (Å²) in [5.74, 6) is 0. The van der Waals surface area contributed by atoms with Crippen LogP contribution in [-0.4, -0.2) is 0 Å². The van der Waals surface area contributed by atoms with Crippen molar-refractivity contribution in [3.8, 4) is 66.8 Å². The molecule has 0 saturated carbocycles. The summed E-state index contributed by atoms with van der Waals surface area (Å²) in [5, 5.41) is 2.62. The van der Waals surface area contributed by atoms with Gasteiger partial charge in [-0.1, -0.05) is 224 Å². The van der Waals surface area contributed by atoms with E-state index in [1.165, 1.54) is 109 Å². The van der Waals surface area contributed by atoms with E-state index in [9.17, 15) is 0 Å². The maximum absolute atomic E-state index is 2.52. The summed E-state index contributed by atoms with van der Waals surface area (Å²) in [7, 11) is 0. The van der Waals surface area contributed by atoms with Gasteiger partial charge in [0, 0.05) is 37.1 Å². The highest BCUT2D eigenvalue weighted by atomic mass is 32.1. The summed E-state index contributed by atoms with van der Waals surface area (Å²) in [6, 6.07) is 97.1. The van der Waals surface area contributed by atoms with E-state index in [-0.39, 0.29) is 0 Å². The van der Waals surface area contributed by atoms with Crippen LogP contribution in [0.4, 0.5) is 17.1 Å². The highest BCUT2D eigenvalue weighted by Gasteiger charge is 2.47. The Morgan fingerprint density at radius 1 is 0.304 bits per heavy atom. The smallest absolute Gasteiger partial charge is 0.0714 e. The first kappa shape index (κ1) is 39.6. The number of nitrogens with zero attached hydrogens (tertiary/aromatic N) is 1. The Balaban J connectivity index is 1.04. The molecule has 0 radical (unpaired) electrons. The third kappa shape index (κ3) is 5.96. The zero-order valence-electron chi connectivity index (χ0n) is 37.7. The minimum atomic E-state index is -0.537. The summed E-state index contributed by atoms with van der Waals surface area (Å²) in [4.78, 5) is 2.52. The third-order valence-corrected chi connectivity index (χ3v) is 16.0. The van der Waals surface area contributed by atoms with E-state index in [1.54, 1.807) is 0 Å². The first-order valence-electron chi connectivity index (χ1n) is 23.8. The van der Waals surface area contributed by atoms with Gasteiger partial charge in [0.1, 0.15) is 0 Å². The molecule has 11 aromatic carbocycles. The molecule has 1 aromatic heterocycles. The Morgan fingerprint density at radius 2 is 0.768 bits per heavy atom. The summed E-state index contributed by atoms with van der Waals surface area (Å²) >= 11 is 1.88. The van der Waals surface area contributed by atoms with Crippen molar-refractivity contribution in [2.75, 3.05) is 4.90 Å². The van der Waals surface area contributed by atoms with Gasteiger partial charge in [0.25, 0.3) is 0 Å². The molecule has 0 amide bonds. The molecule has 1 heterocycles. The number of hydrogen-bond acceptors (Lipinski definition) is 2. The fourth-order valence-corrected chi connectivity index (χ4v) is 13.1. The highest BCUT2D eigenvalue weighted by Crippen LogP contribution is 2.60. The molecular formula is C67H43NS. The van der Waals surface area contributed by atoms with Gasteiger partial charge in [-0.25, -0.2) is 0 Å². The number of benzene rings is 11. The van der Waals surface area contributed by atoms with Crippen molar-refractivity contribution in [1.82, 2.24) is 0 Å². The van der Waals surface area contributed by atoms with Crippen molar-refractivity contribution in [3.05, 3.63) is 283 Å². The van der Waals surface area contributed by atoms with Crippen LogP contribution in [0.2, 0.25) is 0 Å². The fourth-order valence-electron chi connectivity index (χ4n) is 11.8. The SMILES string of the molecule is c1ccc(C2(c3ccccc3)c3ccccc3-c3c(N(c4ccc(-c5cccc6c5sc5ccccc56)cc4)c4ccc5c(c4)-c4ccccc4-c4ccccc4-c4ccccc4-5)cccc32)cc1. The zero-order valence-corrected chi connectivity index (χ0v) is 38.5. The molecule has 12 aromatic rings.